The molecular formula is C58H109NO5. The first-order valence-corrected chi connectivity index (χ1v) is 28.3. The number of esters is 1. The van der Waals surface area contributed by atoms with E-state index in [0.717, 1.165) is 64.2 Å². The molecule has 6 heteroatoms. The highest BCUT2D eigenvalue weighted by Crippen LogP contribution is 2.16. The van der Waals surface area contributed by atoms with Gasteiger partial charge in [0.15, 0.2) is 0 Å². The molecule has 0 saturated carbocycles. The molecule has 0 aromatic carbocycles. The van der Waals surface area contributed by atoms with Gasteiger partial charge in [-0.3, -0.25) is 9.59 Å². The lowest BCUT2D eigenvalue weighted by molar-refractivity contribution is -0.143. The number of hydrogen-bond acceptors (Lipinski definition) is 5. The molecule has 0 aromatic rings. The molecule has 3 N–H and O–H groups in total. The molecule has 0 bridgehead atoms. The Labute approximate surface area is 398 Å². The first kappa shape index (κ1) is 62.1. The largest absolute Gasteiger partial charge is 0.466 e. The number of aliphatic hydroxyl groups is 2. The normalized spacial score (nSPS) is 12.9. The summed E-state index contributed by atoms with van der Waals surface area (Å²) in [6.45, 7) is 4.85. The lowest BCUT2D eigenvalue weighted by Gasteiger charge is -2.20. The van der Waals surface area contributed by atoms with Crippen molar-refractivity contribution in [1.82, 2.24) is 5.32 Å². The van der Waals surface area contributed by atoms with Crippen molar-refractivity contribution >= 4 is 11.9 Å². The summed E-state index contributed by atoms with van der Waals surface area (Å²) in [6.07, 6.45) is 65.8. The Kier molecular flexibility index (Phi) is 52.1. The van der Waals surface area contributed by atoms with E-state index in [0.29, 0.717) is 19.4 Å². The Morgan fingerprint density at radius 3 is 1.23 bits per heavy atom. The fourth-order valence-corrected chi connectivity index (χ4v) is 8.53. The minimum Gasteiger partial charge on any atom is -0.466 e. The predicted molar refractivity (Wildman–Crippen MR) is 278 cm³/mol. The second kappa shape index (κ2) is 53.7. The maximum Gasteiger partial charge on any atom is 0.305 e. The second-order valence-corrected chi connectivity index (χ2v) is 19.3. The molecule has 0 aliphatic rings. The fourth-order valence-electron chi connectivity index (χ4n) is 8.53. The van der Waals surface area contributed by atoms with Crippen molar-refractivity contribution in [3.63, 3.8) is 0 Å². The number of carbonyl (C=O) groups is 2. The van der Waals surface area contributed by atoms with Gasteiger partial charge in [-0.15, -0.1) is 0 Å². The van der Waals surface area contributed by atoms with E-state index in [2.05, 4.69) is 43.5 Å². The third-order valence-corrected chi connectivity index (χ3v) is 12.9. The number of aliphatic hydroxyl groups excluding tert-OH is 2. The first-order chi connectivity index (χ1) is 31.5. The second-order valence-electron chi connectivity index (χ2n) is 19.3. The maximum absolute atomic E-state index is 12.5. The van der Waals surface area contributed by atoms with E-state index in [1.165, 1.54) is 205 Å². The molecule has 6 nitrogen and oxygen atoms in total. The monoisotopic (exact) mass is 900 g/mol. The van der Waals surface area contributed by atoms with Crippen molar-refractivity contribution in [3.05, 3.63) is 36.5 Å². The number of hydrogen-bond donors (Lipinski definition) is 3. The Balaban J connectivity index is 3.48. The standard InChI is InChI=1S/C58H109NO5/c1-3-5-7-9-11-13-15-17-19-20-21-23-26-30-34-38-42-46-50-56(61)55(54-60)59-57(62)51-47-43-39-35-31-27-24-22-25-29-33-37-41-45-49-53-64-58(63)52-48-44-40-36-32-28-18-16-14-12-10-8-6-4-2/h10,12,16,18,46,50,55-56,60-61H,3-9,11,13-15,17,19-45,47-49,51-54H2,1-2H3,(H,59,62)/b12-10-,18-16-,50-46+. The third kappa shape index (κ3) is 49.5. The molecule has 0 spiro atoms. The molecule has 0 aromatic heterocycles. The number of carbonyl (C=O) groups excluding carboxylic acids is 2. The molecule has 0 heterocycles. The molecule has 2 unspecified atom stereocenters. The fraction of sp³-hybridized carbons (Fsp3) is 0.862. The average molecular weight is 901 g/mol. The highest BCUT2D eigenvalue weighted by molar-refractivity contribution is 5.76. The van der Waals surface area contributed by atoms with Gasteiger partial charge in [0.2, 0.25) is 5.91 Å². The van der Waals surface area contributed by atoms with E-state index < -0.39 is 12.1 Å². The number of amides is 1. The summed E-state index contributed by atoms with van der Waals surface area (Å²) in [5, 5.41) is 23.1. The zero-order valence-corrected chi connectivity index (χ0v) is 42.8. The lowest BCUT2D eigenvalue weighted by Crippen LogP contribution is -2.45. The summed E-state index contributed by atoms with van der Waals surface area (Å²) < 4.78 is 5.46. The summed E-state index contributed by atoms with van der Waals surface area (Å²) in [5.41, 5.74) is 0. The van der Waals surface area contributed by atoms with Gasteiger partial charge in [0.25, 0.3) is 0 Å². The van der Waals surface area contributed by atoms with Crippen LogP contribution in [0.5, 0.6) is 0 Å². The minimum absolute atomic E-state index is 0.0152. The van der Waals surface area contributed by atoms with Crippen molar-refractivity contribution in [2.75, 3.05) is 13.2 Å². The van der Waals surface area contributed by atoms with Crippen LogP contribution in [0.4, 0.5) is 0 Å². The van der Waals surface area contributed by atoms with E-state index in [9.17, 15) is 19.8 Å². The van der Waals surface area contributed by atoms with Crippen molar-refractivity contribution in [1.29, 1.82) is 0 Å². The Morgan fingerprint density at radius 2 is 0.797 bits per heavy atom. The van der Waals surface area contributed by atoms with Crippen LogP contribution in [0.25, 0.3) is 0 Å². The molecule has 0 fully saturated rings. The molecule has 0 aliphatic heterocycles. The highest BCUT2D eigenvalue weighted by Gasteiger charge is 2.18. The Bertz CT molecular complexity index is 1040. The quantitative estimate of drug-likeness (QED) is 0.0321. The van der Waals surface area contributed by atoms with Gasteiger partial charge in [-0.05, 0) is 57.8 Å². The van der Waals surface area contributed by atoms with Gasteiger partial charge in [0, 0.05) is 12.8 Å². The number of allylic oxidation sites excluding steroid dienone is 5. The smallest absolute Gasteiger partial charge is 0.305 e. The number of ether oxygens (including phenoxy) is 1. The zero-order valence-electron chi connectivity index (χ0n) is 42.8. The van der Waals surface area contributed by atoms with E-state index in [-0.39, 0.29) is 18.5 Å². The zero-order chi connectivity index (χ0) is 46.5. The molecule has 0 rings (SSSR count). The number of nitrogens with one attached hydrogen (secondary N) is 1. The van der Waals surface area contributed by atoms with Gasteiger partial charge in [-0.1, -0.05) is 262 Å². The summed E-state index contributed by atoms with van der Waals surface area (Å²) in [4.78, 5) is 24.5. The van der Waals surface area contributed by atoms with Crippen LogP contribution in [-0.2, 0) is 14.3 Å². The van der Waals surface area contributed by atoms with Crippen LogP contribution in [0.3, 0.4) is 0 Å². The van der Waals surface area contributed by atoms with Gasteiger partial charge in [-0.25, -0.2) is 0 Å². The molecule has 1 amide bonds. The van der Waals surface area contributed by atoms with Crippen molar-refractivity contribution in [2.45, 2.75) is 309 Å². The van der Waals surface area contributed by atoms with Gasteiger partial charge in [0.05, 0.1) is 25.4 Å². The van der Waals surface area contributed by atoms with Crippen LogP contribution in [0.15, 0.2) is 36.5 Å². The van der Waals surface area contributed by atoms with Gasteiger partial charge >= 0.3 is 5.97 Å². The minimum atomic E-state index is -0.851. The van der Waals surface area contributed by atoms with Crippen LogP contribution >= 0.6 is 0 Å². The molecule has 0 saturated heterocycles. The molecular weight excluding hydrogens is 791 g/mol. The van der Waals surface area contributed by atoms with Crippen molar-refractivity contribution < 1.29 is 24.5 Å². The van der Waals surface area contributed by atoms with E-state index >= 15 is 0 Å². The third-order valence-electron chi connectivity index (χ3n) is 12.9. The van der Waals surface area contributed by atoms with Gasteiger partial charge in [0.1, 0.15) is 0 Å². The topological polar surface area (TPSA) is 95.9 Å². The van der Waals surface area contributed by atoms with E-state index in [1.807, 2.05) is 6.08 Å². The van der Waals surface area contributed by atoms with Crippen molar-refractivity contribution in [3.8, 4) is 0 Å². The molecule has 0 aliphatic carbocycles. The van der Waals surface area contributed by atoms with Gasteiger partial charge in [-0.2, -0.15) is 0 Å². The molecule has 376 valence electrons. The molecule has 64 heavy (non-hydrogen) atoms. The van der Waals surface area contributed by atoms with E-state index in [4.69, 9.17) is 4.74 Å². The summed E-state index contributed by atoms with van der Waals surface area (Å²) >= 11 is 0. The molecule has 2 atom stereocenters. The maximum atomic E-state index is 12.5. The number of rotatable bonds is 52. The van der Waals surface area contributed by atoms with Gasteiger partial charge < -0.3 is 20.3 Å². The molecule has 0 radical (unpaired) electrons. The predicted octanol–water partition coefficient (Wildman–Crippen LogP) is 17.2. The van der Waals surface area contributed by atoms with Crippen LogP contribution < -0.4 is 5.32 Å². The van der Waals surface area contributed by atoms with Crippen molar-refractivity contribution in [2.24, 2.45) is 0 Å². The van der Waals surface area contributed by atoms with Crippen LogP contribution in [0.1, 0.15) is 296 Å². The highest BCUT2D eigenvalue weighted by atomic mass is 16.5. The van der Waals surface area contributed by atoms with E-state index in [1.54, 1.807) is 6.08 Å². The van der Waals surface area contributed by atoms with Crippen LogP contribution in [0.2, 0.25) is 0 Å². The summed E-state index contributed by atoms with van der Waals surface area (Å²) in [5.74, 6) is -0.0910. The number of unbranched alkanes of at least 4 members (excludes halogenated alkanes) is 37. The first-order valence-electron chi connectivity index (χ1n) is 28.3. The van der Waals surface area contributed by atoms with Crippen LogP contribution in [0, 0.1) is 0 Å². The SMILES string of the molecule is CCCC/C=C\C/C=C\CCCCCCCC(=O)OCCCCCCCCCCCCCCCCCC(=O)NC(CO)C(O)/C=C/CCCCCCCCCCCCCCCCCC. The summed E-state index contributed by atoms with van der Waals surface area (Å²) in [7, 11) is 0. The average Bonchev–Trinajstić information content (AvgIpc) is 3.29. The Morgan fingerprint density at radius 1 is 0.438 bits per heavy atom. The van der Waals surface area contributed by atoms with Crippen LogP contribution in [-0.4, -0.2) is 47.4 Å². The Hall–Kier alpha value is -1.92. The summed E-state index contributed by atoms with van der Waals surface area (Å²) in [6, 6.07) is -0.635. The lowest BCUT2D eigenvalue weighted by atomic mass is 10.0.